The lowest BCUT2D eigenvalue weighted by Crippen LogP contribution is -2.02. The van der Waals surface area contributed by atoms with Crippen LogP contribution in [0.3, 0.4) is 0 Å². The summed E-state index contributed by atoms with van der Waals surface area (Å²) < 4.78 is 6.21. The average molecular weight is 424 g/mol. The molecule has 156 valence electrons. The molecule has 6 aromatic rings. The molecule has 0 saturated heterocycles. The summed E-state index contributed by atoms with van der Waals surface area (Å²) in [7, 11) is 0. The Labute approximate surface area is 190 Å². The second kappa shape index (κ2) is 6.91. The van der Waals surface area contributed by atoms with Crippen LogP contribution in [0, 0.1) is 0 Å². The lowest BCUT2D eigenvalue weighted by Gasteiger charge is -2.19. The lowest BCUT2D eigenvalue weighted by molar-refractivity contribution is 0.571. The maximum atomic E-state index is 13.2. The quantitative estimate of drug-likeness (QED) is 0.155. The van der Waals surface area contributed by atoms with Crippen molar-refractivity contribution in [3.05, 3.63) is 119 Å². The van der Waals surface area contributed by atoms with Crippen LogP contribution in [-0.4, -0.2) is 0 Å². The van der Waals surface area contributed by atoms with Crippen LogP contribution in [0.4, 0.5) is 0 Å². The van der Waals surface area contributed by atoms with Gasteiger partial charge in [-0.2, -0.15) is 0 Å². The van der Waals surface area contributed by atoms with Gasteiger partial charge in [0.15, 0.2) is 0 Å². The molecule has 1 aromatic heterocycles. The molecule has 2 nitrogen and oxygen atoms in total. The molecule has 0 aliphatic heterocycles. The summed E-state index contributed by atoms with van der Waals surface area (Å²) in [5, 5.41) is 4.97. The van der Waals surface area contributed by atoms with Crippen LogP contribution in [0.15, 0.2) is 106 Å². The smallest absolute Gasteiger partial charge is 0.344 e. The van der Waals surface area contributed by atoms with Gasteiger partial charge in [-0.1, -0.05) is 91.0 Å². The minimum atomic E-state index is -0.285. The third-order valence-corrected chi connectivity index (χ3v) is 7.00. The summed E-state index contributed by atoms with van der Waals surface area (Å²) in [6, 6.07) is 33.4. The van der Waals surface area contributed by atoms with Crippen molar-refractivity contribution in [2.24, 2.45) is 0 Å². The molecule has 1 aliphatic carbocycles. The van der Waals surface area contributed by atoms with Gasteiger partial charge in [0.1, 0.15) is 5.58 Å². The van der Waals surface area contributed by atoms with E-state index in [0.29, 0.717) is 11.0 Å². The number of hydrogen-bond donors (Lipinski definition) is 0. The van der Waals surface area contributed by atoms with Gasteiger partial charge in [-0.15, -0.1) is 0 Å². The monoisotopic (exact) mass is 424 g/mol. The van der Waals surface area contributed by atoms with Gasteiger partial charge in [-0.05, 0) is 51.9 Å². The molecule has 0 fully saturated rings. The van der Waals surface area contributed by atoms with Gasteiger partial charge < -0.3 is 4.42 Å². The van der Waals surface area contributed by atoms with Gasteiger partial charge in [0.25, 0.3) is 0 Å². The van der Waals surface area contributed by atoms with E-state index < -0.39 is 0 Å². The first-order chi connectivity index (χ1) is 16.3. The number of rotatable bonds is 1. The van der Waals surface area contributed by atoms with E-state index in [0.717, 1.165) is 45.9 Å². The van der Waals surface area contributed by atoms with Crippen LogP contribution in [0.2, 0.25) is 0 Å². The topological polar surface area (TPSA) is 30.2 Å². The first-order valence-electron chi connectivity index (χ1n) is 11.4. The molecule has 0 amide bonds. The normalized spacial score (nSPS) is 12.7. The van der Waals surface area contributed by atoms with Crippen LogP contribution >= 0.6 is 0 Å². The largest absolute Gasteiger partial charge is 0.422 e. The maximum absolute atomic E-state index is 13.2. The predicted octanol–water partition coefficient (Wildman–Crippen LogP) is 7.53. The highest BCUT2D eigenvalue weighted by Crippen LogP contribution is 2.48. The van der Waals surface area contributed by atoms with Crippen LogP contribution in [-0.2, 0) is 12.8 Å². The zero-order valence-corrected chi connectivity index (χ0v) is 18.0. The zero-order chi connectivity index (χ0) is 21.9. The number of fused-ring (bicyclic) bond motifs is 6. The second-order valence-electron chi connectivity index (χ2n) is 8.75. The highest BCUT2D eigenvalue weighted by molar-refractivity contribution is 6.26. The van der Waals surface area contributed by atoms with Crippen LogP contribution in [0.25, 0.3) is 54.8 Å². The SMILES string of the molecule is O=c1oc2c3c4c(cccc4c(-c4ccccc4)c2c2ccccc12)CCc1ccccc1-3. The summed E-state index contributed by atoms with van der Waals surface area (Å²) in [6.07, 6.45) is 1.92. The van der Waals surface area contributed by atoms with Gasteiger partial charge in [-0.3, -0.25) is 0 Å². The Balaban J connectivity index is 1.85. The highest BCUT2D eigenvalue weighted by atomic mass is 16.4. The van der Waals surface area contributed by atoms with Crippen molar-refractivity contribution in [2.45, 2.75) is 12.8 Å². The number of benzene rings is 5. The summed E-state index contributed by atoms with van der Waals surface area (Å²) in [4.78, 5) is 13.2. The van der Waals surface area contributed by atoms with Crippen LogP contribution in [0.5, 0.6) is 0 Å². The molecule has 5 aromatic carbocycles. The van der Waals surface area contributed by atoms with E-state index in [9.17, 15) is 4.79 Å². The maximum Gasteiger partial charge on any atom is 0.344 e. The van der Waals surface area contributed by atoms with Crippen LogP contribution in [0.1, 0.15) is 11.1 Å². The van der Waals surface area contributed by atoms with E-state index in [-0.39, 0.29) is 5.63 Å². The first-order valence-corrected chi connectivity index (χ1v) is 11.4. The summed E-state index contributed by atoms with van der Waals surface area (Å²) in [5.74, 6) is 0. The Morgan fingerprint density at radius 3 is 2.09 bits per heavy atom. The van der Waals surface area contributed by atoms with Crippen molar-refractivity contribution in [1.29, 1.82) is 0 Å². The van der Waals surface area contributed by atoms with Gasteiger partial charge >= 0.3 is 5.63 Å². The van der Waals surface area contributed by atoms with E-state index >= 15 is 0 Å². The molecule has 7 rings (SSSR count). The van der Waals surface area contributed by atoms with Gasteiger partial charge in [0.2, 0.25) is 0 Å². The molecular formula is C31H20O2. The lowest BCUT2D eigenvalue weighted by atomic mass is 9.85. The van der Waals surface area contributed by atoms with E-state index in [1.54, 1.807) is 0 Å². The minimum Gasteiger partial charge on any atom is -0.422 e. The summed E-state index contributed by atoms with van der Waals surface area (Å²) >= 11 is 0. The molecule has 2 heteroatoms. The first kappa shape index (κ1) is 18.4. The van der Waals surface area contributed by atoms with E-state index in [2.05, 4.69) is 66.7 Å². The van der Waals surface area contributed by atoms with Crippen molar-refractivity contribution >= 4 is 32.5 Å². The van der Waals surface area contributed by atoms with Gasteiger partial charge in [0.05, 0.1) is 5.39 Å². The molecule has 1 aliphatic rings. The van der Waals surface area contributed by atoms with Crippen LogP contribution < -0.4 is 5.63 Å². The predicted molar refractivity (Wildman–Crippen MR) is 136 cm³/mol. The fourth-order valence-electron chi connectivity index (χ4n) is 5.60. The molecule has 0 atom stereocenters. The van der Waals surface area contributed by atoms with Gasteiger partial charge in [0, 0.05) is 21.9 Å². The fourth-order valence-corrected chi connectivity index (χ4v) is 5.60. The molecule has 0 spiro atoms. The molecular weight excluding hydrogens is 404 g/mol. The van der Waals surface area contributed by atoms with E-state index in [4.69, 9.17) is 4.42 Å². The Bertz CT molecular complexity index is 1780. The second-order valence-corrected chi connectivity index (χ2v) is 8.75. The summed E-state index contributed by atoms with van der Waals surface area (Å²) in [6.45, 7) is 0. The molecule has 0 radical (unpaired) electrons. The zero-order valence-electron chi connectivity index (χ0n) is 18.0. The van der Waals surface area contributed by atoms with Crippen molar-refractivity contribution < 1.29 is 4.42 Å². The third kappa shape index (κ3) is 2.58. The van der Waals surface area contributed by atoms with Crippen molar-refractivity contribution in [1.82, 2.24) is 0 Å². The van der Waals surface area contributed by atoms with Crippen molar-refractivity contribution in [3.8, 4) is 22.3 Å². The molecule has 0 saturated carbocycles. The molecule has 33 heavy (non-hydrogen) atoms. The van der Waals surface area contributed by atoms with Crippen molar-refractivity contribution in [2.75, 3.05) is 0 Å². The number of aryl methyl sites for hydroxylation is 2. The Morgan fingerprint density at radius 1 is 0.545 bits per heavy atom. The fraction of sp³-hybridized carbons (Fsp3) is 0.0645. The average Bonchev–Trinajstić information content (AvgIpc) is 3.04. The Morgan fingerprint density at radius 2 is 1.21 bits per heavy atom. The van der Waals surface area contributed by atoms with E-state index in [1.807, 2.05) is 30.3 Å². The Hall–Kier alpha value is -4.17. The third-order valence-electron chi connectivity index (χ3n) is 7.00. The highest BCUT2D eigenvalue weighted by Gasteiger charge is 2.25. The number of hydrogen-bond acceptors (Lipinski definition) is 2. The Kier molecular flexibility index (Phi) is 3.86. The standard InChI is InChI=1S/C31H20O2/c32-31-24-15-7-6-14-23(24)29-26(20-10-2-1-3-11-20)25-16-8-12-21-18-17-19-9-4-5-13-22(19)28(27(21)25)30(29)33-31/h1-16H,17-18H2. The minimum absolute atomic E-state index is 0.285. The van der Waals surface area contributed by atoms with Crippen molar-refractivity contribution in [3.63, 3.8) is 0 Å². The molecule has 0 unspecified atom stereocenters. The summed E-state index contributed by atoms with van der Waals surface area (Å²) in [5.41, 5.74) is 7.46. The van der Waals surface area contributed by atoms with Gasteiger partial charge in [-0.25, -0.2) is 4.79 Å². The molecule has 0 bridgehead atoms. The van der Waals surface area contributed by atoms with E-state index in [1.165, 1.54) is 21.9 Å². The molecule has 1 heterocycles. The molecule has 0 N–H and O–H groups in total.